The molecule has 0 bridgehead atoms. The lowest BCUT2D eigenvalue weighted by Crippen LogP contribution is -2.44. The molecule has 4 heteroatoms. The van der Waals surface area contributed by atoms with Gasteiger partial charge in [0.25, 0.3) is 0 Å². The molecule has 1 aliphatic heterocycles. The lowest BCUT2D eigenvalue weighted by atomic mass is 10.3. The molecule has 1 aliphatic rings. The maximum atomic E-state index is 6.14. The Kier molecular flexibility index (Phi) is 2.89. The summed E-state index contributed by atoms with van der Waals surface area (Å²) in [7, 11) is 0. The second kappa shape index (κ2) is 4.15. The first kappa shape index (κ1) is 9.74. The fraction of sp³-hybridized carbons (Fsp3) is 0.500. The molecule has 2 rings (SSSR count). The SMILES string of the molecule is Cc1cnc(N2CCNCC2)c(Cl)c1. The number of hydrogen-bond acceptors (Lipinski definition) is 3. The zero-order valence-electron chi connectivity index (χ0n) is 8.26. The van der Waals surface area contributed by atoms with Gasteiger partial charge in [0.2, 0.25) is 0 Å². The van der Waals surface area contributed by atoms with E-state index >= 15 is 0 Å². The monoisotopic (exact) mass is 211 g/mol. The van der Waals surface area contributed by atoms with Crippen LogP contribution in [0.15, 0.2) is 12.3 Å². The second-order valence-electron chi connectivity index (χ2n) is 3.56. The summed E-state index contributed by atoms with van der Waals surface area (Å²) in [5, 5.41) is 4.06. The van der Waals surface area contributed by atoms with E-state index in [9.17, 15) is 0 Å². The highest BCUT2D eigenvalue weighted by Crippen LogP contribution is 2.23. The molecule has 14 heavy (non-hydrogen) atoms. The quantitative estimate of drug-likeness (QED) is 0.762. The van der Waals surface area contributed by atoms with Gasteiger partial charge in [-0.2, -0.15) is 0 Å². The number of halogens is 1. The molecular formula is C10H14ClN3. The zero-order chi connectivity index (χ0) is 9.97. The maximum Gasteiger partial charge on any atom is 0.147 e. The van der Waals surface area contributed by atoms with Crippen molar-refractivity contribution in [1.82, 2.24) is 10.3 Å². The highest BCUT2D eigenvalue weighted by molar-refractivity contribution is 6.33. The molecule has 76 valence electrons. The molecule has 0 amide bonds. The van der Waals surface area contributed by atoms with E-state index in [2.05, 4.69) is 15.2 Å². The number of aryl methyl sites for hydroxylation is 1. The molecule has 0 radical (unpaired) electrons. The number of nitrogens with one attached hydrogen (secondary N) is 1. The minimum Gasteiger partial charge on any atom is -0.353 e. The Morgan fingerprint density at radius 1 is 1.43 bits per heavy atom. The summed E-state index contributed by atoms with van der Waals surface area (Å²) in [5.41, 5.74) is 1.11. The highest BCUT2D eigenvalue weighted by atomic mass is 35.5. The molecule has 0 aromatic carbocycles. The number of rotatable bonds is 1. The van der Waals surface area contributed by atoms with Crippen LogP contribution in [-0.2, 0) is 0 Å². The Bertz CT molecular complexity index is 321. The summed E-state index contributed by atoms with van der Waals surface area (Å²) < 4.78 is 0. The van der Waals surface area contributed by atoms with Gasteiger partial charge in [-0.15, -0.1) is 0 Å². The van der Waals surface area contributed by atoms with Gasteiger partial charge in [0, 0.05) is 32.4 Å². The Balaban J connectivity index is 2.22. The van der Waals surface area contributed by atoms with E-state index in [1.165, 1.54) is 0 Å². The summed E-state index contributed by atoms with van der Waals surface area (Å²) in [4.78, 5) is 6.59. The van der Waals surface area contributed by atoms with Crippen molar-refractivity contribution in [3.63, 3.8) is 0 Å². The molecule has 0 spiro atoms. The highest BCUT2D eigenvalue weighted by Gasteiger charge is 2.14. The molecule has 2 heterocycles. The van der Waals surface area contributed by atoms with E-state index in [1.807, 2.05) is 19.2 Å². The van der Waals surface area contributed by atoms with Crippen molar-refractivity contribution >= 4 is 17.4 Å². The van der Waals surface area contributed by atoms with Crippen LogP contribution in [0, 0.1) is 6.92 Å². The van der Waals surface area contributed by atoms with Crippen LogP contribution in [0.1, 0.15) is 5.56 Å². The molecule has 0 saturated carbocycles. The fourth-order valence-electron chi connectivity index (χ4n) is 1.64. The van der Waals surface area contributed by atoms with Crippen LogP contribution in [0.4, 0.5) is 5.82 Å². The van der Waals surface area contributed by atoms with Crippen LogP contribution in [0.3, 0.4) is 0 Å². The predicted octanol–water partition coefficient (Wildman–Crippen LogP) is 1.45. The van der Waals surface area contributed by atoms with E-state index in [0.29, 0.717) is 0 Å². The van der Waals surface area contributed by atoms with Gasteiger partial charge >= 0.3 is 0 Å². The summed E-state index contributed by atoms with van der Waals surface area (Å²) in [6.07, 6.45) is 1.86. The largest absolute Gasteiger partial charge is 0.353 e. The van der Waals surface area contributed by atoms with Gasteiger partial charge in [0.05, 0.1) is 5.02 Å². The lowest BCUT2D eigenvalue weighted by molar-refractivity contribution is 0.585. The van der Waals surface area contributed by atoms with E-state index in [-0.39, 0.29) is 0 Å². The molecule has 1 N–H and O–H groups in total. The van der Waals surface area contributed by atoms with Crippen molar-refractivity contribution in [2.45, 2.75) is 6.92 Å². The first-order valence-electron chi connectivity index (χ1n) is 4.85. The molecule has 1 fully saturated rings. The first-order chi connectivity index (χ1) is 6.77. The number of piperazine rings is 1. The molecule has 0 unspecified atom stereocenters. The van der Waals surface area contributed by atoms with Crippen molar-refractivity contribution in [3.05, 3.63) is 22.8 Å². The Labute approximate surface area is 89.1 Å². The molecule has 3 nitrogen and oxygen atoms in total. The van der Waals surface area contributed by atoms with Gasteiger partial charge in [-0.05, 0) is 18.6 Å². The van der Waals surface area contributed by atoms with Gasteiger partial charge < -0.3 is 10.2 Å². The first-order valence-corrected chi connectivity index (χ1v) is 5.23. The van der Waals surface area contributed by atoms with Crippen LogP contribution in [0.2, 0.25) is 5.02 Å². The van der Waals surface area contributed by atoms with Gasteiger partial charge in [-0.1, -0.05) is 11.6 Å². The predicted molar refractivity (Wildman–Crippen MR) is 59.1 cm³/mol. The van der Waals surface area contributed by atoms with Crippen molar-refractivity contribution in [2.75, 3.05) is 31.1 Å². The van der Waals surface area contributed by atoms with Gasteiger partial charge in [-0.3, -0.25) is 0 Å². The molecule has 1 aromatic heterocycles. The van der Waals surface area contributed by atoms with E-state index in [4.69, 9.17) is 11.6 Å². The number of anilines is 1. The maximum absolute atomic E-state index is 6.14. The second-order valence-corrected chi connectivity index (χ2v) is 3.96. The van der Waals surface area contributed by atoms with E-state index in [1.54, 1.807) is 0 Å². The van der Waals surface area contributed by atoms with Crippen LogP contribution in [0.25, 0.3) is 0 Å². The number of pyridine rings is 1. The average Bonchev–Trinajstić information content (AvgIpc) is 2.19. The minimum atomic E-state index is 0.756. The molecule has 0 atom stereocenters. The topological polar surface area (TPSA) is 28.2 Å². The third-order valence-electron chi connectivity index (χ3n) is 2.38. The number of nitrogens with zero attached hydrogens (tertiary/aromatic N) is 2. The third-order valence-corrected chi connectivity index (χ3v) is 2.65. The molecule has 0 aliphatic carbocycles. The fourth-order valence-corrected chi connectivity index (χ4v) is 1.98. The van der Waals surface area contributed by atoms with Crippen LogP contribution in [-0.4, -0.2) is 31.2 Å². The Morgan fingerprint density at radius 3 is 2.79 bits per heavy atom. The summed E-state index contributed by atoms with van der Waals surface area (Å²) in [6.45, 7) is 5.98. The summed E-state index contributed by atoms with van der Waals surface area (Å²) in [6, 6.07) is 1.96. The summed E-state index contributed by atoms with van der Waals surface area (Å²) >= 11 is 6.14. The van der Waals surface area contributed by atoms with Crippen molar-refractivity contribution in [1.29, 1.82) is 0 Å². The standard InChI is InChI=1S/C10H14ClN3/c1-8-6-9(11)10(13-7-8)14-4-2-12-3-5-14/h6-7,12H,2-5H2,1H3. The third kappa shape index (κ3) is 1.99. The van der Waals surface area contributed by atoms with Crippen LogP contribution < -0.4 is 10.2 Å². The van der Waals surface area contributed by atoms with E-state index < -0.39 is 0 Å². The zero-order valence-corrected chi connectivity index (χ0v) is 9.01. The van der Waals surface area contributed by atoms with Crippen LogP contribution >= 0.6 is 11.6 Å². The minimum absolute atomic E-state index is 0.756. The van der Waals surface area contributed by atoms with Crippen molar-refractivity contribution in [2.24, 2.45) is 0 Å². The number of hydrogen-bond donors (Lipinski definition) is 1. The Morgan fingerprint density at radius 2 is 2.14 bits per heavy atom. The number of aromatic nitrogens is 1. The molecule has 1 saturated heterocycles. The lowest BCUT2D eigenvalue weighted by Gasteiger charge is -2.29. The van der Waals surface area contributed by atoms with Crippen LogP contribution in [0.5, 0.6) is 0 Å². The molecular weight excluding hydrogens is 198 g/mol. The van der Waals surface area contributed by atoms with Gasteiger partial charge in [0.1, 0.15) is 5.82 Å². The van der Waals surface area contributed by atoms with Crippen molar-refractivity contribution in [3.8, 4) is 0 Å². The van der Waals surface area contributed by atoms with E-state index in [0.717, 1.165) is 42.6 Å². The smallest absolute Gasteiger partial charge is 0.147 e. The van der Waals surface area contributed by atoms with Gasteiger partial charge in [0.15, 0.2) is 0 Å². The molecule has 1 aromatic rings. The average molecular weight is 212 g/mol. The van der Waals surface area contributed by atoms with Gasteiger partial charge in [-0.25, -0.2) is 4.98 Å². The van der Waals surface area contributed by atoms with Crippen molar-refractivity contribution < 1.29 is 0 Å². The summed E-state index contributed by atoms with van der Waals surface area (Å²) in [5.74, 6) is 0.916. The Hall–Kier alpha value is -0.800. The normalized spacial score (nSPS) is 17.1.